The Balaban J connectivity index is 1.45. The van der Waals surface area contributed by atoms with Crippen molar-refractivity contribution in [3.8, 4) is 5.75 Å². The molecule has 0 heterocycles. The molecule has 3 rings (SSSR count). The molecule has 0 spiro atoms. The lowest BCUT2D eigenvalue weighted by atomic mass is 9.74. The van der Waals surface area contributed by atoms with Crippen molar-refractivity contribution in [3.63, 3.8) is 0 Å². The fourth-order valence-electron chi connectivity index (χ4n) is 3.15. The van der Waals surface area contributed by atoms with Gasteiger partial charge in [0.25, 0.3) is 0 Å². The van der Waals surface area contributed by atoms with Gasteiger partial charge in [-0.05, 0) is 49.3 Å². The van der Waals surface area contributed by atoms with Gasteiger partial charge in [0.2, 0.25) is 0 Å². The fraction of sp³-hybridized carbons (Fsp3) is 0.625. The topological polar surface area (TPSA) is 30.5 Å². The smallest absolute Gasteiger partial charge is 0.119 e. The molecule has 0 aliphatic heterocycles. The fourth-order valence-corrected chi connectivity index (χ4v) is 3.15. The Hall–Kier alpha value is -1.06. The van der Waals surface area contributed by atoms with E-state index >= 15 is 0 Å². The average Bonchev–Trinajstić information content (AvgIpc) is 2.35. The van der Waals surface area contributed by atoms with Crippen LogP contribution in [0.1, 0.15) is 37.2 Å². The normalized spacial score (nSPS) is 33.4. The summed E-state index contributed by atoms with van der Waals surface area (Å²) in [5.74, 6) is 1.67. The summed E-state index contributed by atoms with van der Waals surface area (Å²) < 4.78 is 10.6. The molecule has 2 fully saturated rings. The summed E-state index contributed by atoms with van der Waals surface area (Å²) in [7, 11) is 3.54. The third kappa shape index (κ3) is 2.77. The van der Waals surface area contributed by atoms with Gasteiger partial charge in [-0.3, -0.25) is 0 Å². The largest absolute Gasteiger partial charge is 0.497 e. The van der Waals surface area contributed by atoms with Crippen molar-refractivity contribution < 1.29 is 9.47 Å². The van der Waals surface area contributed by atoms with Crippen molar-refractivity contribution in [2.75, 3.05) is 14.2 Å². The summed E-state index contributed by atoms with van der Waals surface area (Å²) in [6, 6.07) is 9.86. The molecule has 0 radical (unpaired) electrons. The lowest BCUT2D eigenvalue weighted by Crippen LogP contribution is -2.52. The van der Waals surface area contributed by atoms with Gasteiger partial charge >= 0.3 is 0 Å². The van der Waals surface area contributed by atoms with Gasteiger partial charge in [0, 0.05) is 19.2 Å². The highest BCUT2D eigenvalue weighted by atomic mass is 16.5. The summed E-state index contributed by atoms with van der Waals surface area (Å²) in [4.78, 5) is 0. The molecule has 0 amide bonds. The number of hydrogen-bond acceptors (Lipinski definition) is 3. The van der Waals surface area contributed by atoms with E-state index in [1.807, 2.05) is 13.2 Å². The van der Waals surface area contributed by atoms with Gasteiger partial charge in [0.05, 0.1) is 13.2 Å². The van der Waals surface area contributed by atoms with Crippen LogP contribution in [0.5, 0.6) is 5.75 Å². The average molecular weight is 261 g/mol. The van der Waals surface area contributed by atoms with E-state index in [0.717, 1.165) is 5.75 Å². The standard InChI is InChI=1S/C16H23NO2/c1-18-15-5-3-4-11(8-15)12-6-13(7-12)17-14-9-16(10-14)19-2/h3-5,8,12-14,16-17H,6-7,9-10H2,1-2H3. The highest BCUT2D eigenvalue weighted by Gasteiger charge is 2.36. The molecule has 2 aliphatic carbocycles. The first kappa shape index (κ1) is 12.9. The molecular weight excluding hydrogens is 238 g/mol. The number of nitrogens with one attached hydrogen (secondary N) is 1. The molecule has 2 aliphatic rings. The van der Waals surface area contributed by atoms with E-state index in [9.17, 15) is 0 Å². The van der Waals surface area contributed by atoms with Crippen molar-refractivity contribution in [2.24, 2.45) is 0 Å². The zero-order chi connectivity index (χ0) is 13.2. The Labute approximate surface area is 115 Å². The quantitative estimate of drug-likeness (QED) is 0.884. The van der Waals surface area contributed by atoms with E-state index in [4.69, 9.17) is 9.47 Å². The van der Waals surface area contributed by atoms with Gasteiger partial charge < -0.3 is 14.8 Å². The van der Waals surface area contributed by atoms with Crippen LogP contribution in [-0.2, 0) is 4.74 Å². The monoisotopic (exact) mass is 261 g/mol. The Kier molecular flexibility index (Phi) is 3.76. The van der Waals surface area contributed by atoms with Crippen LogP contribution in [0.15, 0.2) is 24.3 Å². The first-order valence-corrected chi connectivity index (χ1v) is 7.21. The summed E-state index contributed by atoms with van der Waals surface area (Å²) in [5, 5.41) is 3.73. The van der Waals surface area contributed by atoms with Crippen molar-refractivity contribution in [2.45, 2.75) is 49.8 Å². The molecule has 0 saturated heterocycles. The zero-order valence-electron chi connectivity index (χ0n) is 11.8. The molecule has 19 heavy (non-hydrogen) atoms. The first-order valence-electron chi connectivity index (χ1n) is 7.21. The maximum atomic E-state index is 5.31. The van der Waals surface area contributed by atoms with Crippen LogP contribution in [0, 0.1) is 0 Å². The molecule has 104 valence electrons. The second-order valence-electron chi connectivity index (χ2n) is 5.83. The van der Waals surface area contributed by atoms with Crippen molar-refractivity contribution >= 4 is 0 Å². The molecule has 1 N–H and O–H groups in total. The van der Waals surface area contributed by atoms with Crippen LogP contribution in [0.25, 0.3) is 0 Å². The van der Waals surface area contributed by atoms with Crippen LogP contribution in [-0.4, -0.2) is 32.4 Å². The van der Waals surface area contributed by atoms with Crippen LogP contribution in [0.3, 0.4) is 0 Å². The highest BCUT2D eigenvalue weighted by molar-refractivity contribution is 5.32. The number of ether oxygens (including phenoxy) is 2. The third-order valence-corrected chi connectivity index (χ3v) is 4.60. The summed E-state index contributed by atoms with van der Waals surface area (Å²) in [5.41, 5.74) is 1.42. The van der Waals surface area contributed by atoms with Crippen molar-refractivity contribution in [3.05, 3.63) is 29.8 Å². The van der Waals surface area contributed by atoms with Gasteiger partial charge in [0.15, 0.2) is 0 Å². The van der Waals surface area contributed by atoms with Gasteiger partial charge in [-0.2, -0.15) is 0 Å². The van der Waals surface area contributed by atoms with Crippen molar-refractivity contribution in [1.29, 1.82) is 0 Å². The summed E-state index contributed by atoms with van der Waals surface area (Å²) in [6.07, 6.45) is 5.35. The molecule has 0 unspecified atom stereocenters. The van der Waals surface area contributed by atoms with Crippen LogP contribution < -0.4 is 10.1 Å². The van der Waals surface area contributed by atoms with Gasteiger partial charge in [-0.1, -0.05) is 12.1 Å². The summed E-state index contributed by atoms with van der Waals surface area (Å²) in [6.45, 7) is 0. The van der Waals surface area contributed by atoms with E-state index in [0.29, 0.717) is 24.1 Å². The second kappa shape index (κ2) is 5.51. The molecular formula is C16H23NO2. The zero-order valence-corrected chi connectivity index (χ0v) is 11.8. The molecule has 1 aromatic rings. The number of methoxy groups -OCH3 is 2. The molecule has 0 aromatic heterocycles. The van der Waals surface area contributed by atoms with Crippen LogP contribution >= 0.6 is 0 Å². The first-order chi connectivity index (χ1) is 9.28. The predicted octanol–water partition coefficient (Wildman–Crippen LogP) is 2.71. The minimum Gasteiger partial charge on any atom is -0.497 e. The maximum Gasteiger partial charge on any atom is 0.119 e. The molecule has 0 atom stereocenters. The second-order valence-corrected chi connectivity index (χ2v) is 5.83. The van der Waals surface area contributed by atoms with E-state index in [1.54, 1.807) is 7.11 Å². The number of benzene rings is 1. The van der Waals surface area contributed by atoms with E-state index < -0.39 is 0 Å². The third-order valence-electron chi connectivity index (χ3n) is 4.60. The van der Waals surface area contributed by atoms with Gasteiger partial charge in [0.1, 0.15) is 5.75 Å². The number of rotatable bonds is 5. The highest BCUT2D eigenvalue weighted by Crippen LogP contribution is 2.39. The molecule has 3 heteroatoms. The summed E-state index contributed by atoms with van der Waals surface area (Å²) >= 11 is 0. The Morgan fingerprint density at radius 2 is 1.79 bits per heavy atom. The minimum absolute atomic E-state index is 0.492. The van der Waals surface area contributed by atoms with Crippen LogP contribution in [0.4, 0.5) is 0 Å². The Morgan fingerprint density at radius 1 is 1.05 bits per heavy atom. The SMILES string of the molecule is COc1cccc(C2CC(NC3CC(OC)C3)C2)c1. The number of hydrogen-bond donors (Lipinski definition) is 1. The predicted molar refractivity (Wildman–Crippen MR) is 75.7 cm³/mol. The van der Waals surface area contributed by atoms with E-state index in [-0.39, 0.29) is 0 Å². The van der Waals surface area contributed by atoms with E-state index in [1.165, 1.54) is 31.2 Å². The lowest BCUT2D eigenvalue weighted by molar-refractivity contribution is 0.00999. The molecule has 3 nitrogen and oxygen atoms in total. The molecule has 2 saturated carbocycles. The van der Waals surface area contributed by atoms with Gasteiger partial charge in [-0.15, -0.1) is 0 Å². The maximum absolute atomic E-state index is 5.31. The molecule has 1 aromatic carbocycles. The Bertz CT molecular complexity index is 423. The lowest BCUT2D eigenvalue weighted by Gasteiger charge is -2.43. The Morgan fingerprint density at radius 3 is 2.47 bits per heavy atom. The molecule has 0 bridgehead atoms. The van der Waals surface area contributed by atoms with Crippen molar-refractivity contribution in [1.82, 2.24) is 5.32 Å². The van der Waals surface area contributed by atoms with E-state index in [2.05, 4.69) is 23.5 Å². The minimum atomic E-state index is 0.492. The van der Waals surface area contributed by atoms with Crippen LogP contribution in [0.2, 0.25) is 0 Å². The van der Waals surface area contributed by atoms with Gasteiger partial charge in [-0.25, -0.2) is 0 Å².